The van der Waals surface area contributed by atoms with Crippen molar-refractivity contribution in [2.24, 2.45) is 0 Å². The molecule has 0 N–H and O–H groups in total. The first-order valence-electron chi connectivity index (χ1n) is 5.78. The van der Waals surface area contributed by atoms with Gasteiger partial charge in [-0.3, -0.25) is 4.90 Å². The molecule has 1 aliphatic rings. The molecule has 0 atom stereocenters. The summed E-state index contributed by atoms with van der Waals surface area (Å²) < 4.78 is 10.7. The first-order valence-corrected chi connectivity index (χ1v) is 5.78. The van der Waals surface area contributed by atoms with Crippen LogP contribution in [0.15, 0.2) is 21.1 Å². The molecule has 17 heavy (non-hydrogen) atoms. The molecule has 3 rings (SSSR count). The van der Waals surface area contributed by atoms with Crippen molar-refractivity contribution in [2.75, 3.05) is 13.1 Å². The van der Waals surface area contributed by atoms with Gasteiger partial charge in [0.15, 0.2) is 5.82 Å². The molecule has 0 unspecified atom stereocenters. The van der Waals surface area contributed by atoms with E-state index in [4.69, 9.17) is 8.94 Å². The number of furan rings is 1. The Kier molecular flexibility index (Phi) is 2.48. The maximum Gasteiger partial charge on any atom is 0.232 e. The quantitative estimate of drug-likeness (QED) is 0.810. The van der Waals surface area contributed by atoms with E-state index < -0.39 is 0 Å². The van der Waals surface area contributed by atoms with Gasteiger partial charge in [0.25, 0.3) is 0 Å². The highest BCUT2D eigenvalue weighted by molar-refractivity contribution is 5.08. The van der Waals surface area contributed by atoms with E-state index in [9.17, 15) is 0 Å². The van der Waals surface area contributed by atoms with Crippen LogP contribution in [0.4, 0.5) is 0 Å². The lowest BCUT2D eigenvalue weighted by molar-refractivity contribution is 0.108. The van der Waals surface area contributed by atoms with Crippen LogP contribution in [0, 0.1) is 13.8 Å². The van der Waals surface area contributed by atoms with Crippen LogP contribution in [0.25, 0.3) is 0 Å². The smallest absolute Gasteiger partial charge is 0.232 e. The molecule has 2 aromatic rings. The number of hydrogen-bond donors (Lipinski definition) is 0. The largest absolute Gasteiger partial charge is 0.465 e. The van der Waals surface area contributed by atoms with Crippen LogP contribution in [0.3, 0.4) is 0 Å². The second-order valence-electron chi connectivity index (χ2n) is 4.58. The van der Waals surface area contributed by atoms with Gasteiger partial charge < -0.3 is 8.94 Å². The zero-order valence-electron chi connectivity index (χ0n) is 10.0. The highest BCUT2D eigenvalue weighted by Crippen LogP contribution is 2.27. The number of hydrogen-bond acceptors (Lipinski definition) is 5. The van der Waals surface area contributed by atoms with Crippen LogP contribution in [0.2, 0.25) is 0 Å². The van der Waals surface area contributed by atoms with Crippen LogP contribution in [-0.2, 0) is 6.54 Å². The van der Waals surface area contributed by atoms with Gasteiger partial charge in [0, 0.05) is 13.1 Å². The van der Waals surface area contributed by atoms with Crippen molar-refractivity contribution in [1.82, 2.24) is 15.0 Å². The Morgan fingerprint density at radius 1 is 1.35 bits per heavy atom. The van der Waals surface area contributed by atoms with Gasteiger partial charge in [-0.25, -0.2) is 0 Å². The van der Waals surface area contributed by atoms with Crippen molar-refractivity contribution in [3.05, 3.63) is 35.4 Å². The first kappa shape index (κ1) is 10.5. The van der Waals surface area contributed by atoms with Gasteiger partial charge >= 0.3 is 0 Å². The predicted molar refractivity (Wildman–Crippen MR) is 60.5 cm³/mol. The van der Waals surface area contributed by atoms with Crippen molar-refractivity contribution in [3.8, 4) is 0 Å². The normalized spacial score (nSPS) is 17.3. The van der Waals surface area contributed by atoms with Crippen LogP contribution in [0.1, 0.15) is 29.2 Å². The average Bonchev–Trinajstić information content (AvgIpc) is 2.81. The first-order chi connectivity index (χ1) is 8.20. The van der Waals surface area contributed by atoms with Gasteiger partial charge in [-0.2, -0.15) is 4.98 Å². The molecule has 5 heteroatoms. The minimum absolute atomic E-state index is 0.382. The molecule has 1 fully saturated rings. The molecule has 0 bridgehead atoms. The molecule has 0 radical (unpaired) electrons. The zero-order chi connectivity index (χ0) is 11.8. The standard InChI is InChI=1S/C12H15N3O2/c1-8-3-4-11(16-8)7-15-5-10(6-15)12-13-9(2)14-17-12/h3-4,10H,5-7H2,1-2H3. The summed E-state index contributed by atoms with van der Waals surface area (Å²) in [5.41, 5.74) is 0. The summed E-state index contributed by atoms with van der Waals surface area (Å²) in [5.74, 6) is 3.83. The number of likely N-dealkylation sites (tertiary alicyclic amines) is 1. The van der Waals surface area contributed by atoms with Crippen LogP contribution in [0.5, 0.6) is 0 Å². The van der Waals surface area contributed by atoms with Crippen LogP contribution >= 0.6 is 0 Å². The van der Waals surface area contributed by atoms with Crippen molar-refractivity contribution >= 4 is 0 Å². The molecule has 3 heterocycles. The molecular formula is C12H15N3O2. The molecule has 0 aromatic carbocycles. The Morgan fingerprint density at radius 3 is 2.76 bits per heavy atom. The molecule has 2 aromatic heterocycles. The van der Waals surface area contributed by atoms with Crippen molar-refractivity contribution in [1.29, 1.82) is 0 Å². The lowest BCUT2D eigenvalue weighted by atomic mass is 10.0. The van der Waals surface area contributed by atoms with Gasteiger partial charge in [0.1, 0.15) is 11.5 Å². The Hall–Kier alpha value is -1.62. The maximum absolute atomic E-state index is 5.54. The third-order valence-corrected chi connectivity index (χ3v) is 3.03. The fourth-order valence-electron chi connectivity index (χ4n) is 2.12. The summed E-state index contributed by atoms with van der Waals surface area (Å²) in [6.45, 7) is 6.58. The summed E-state index contributed by atoms with van der Waals surface area (Å²) in [5, 5.41) is 3.81. The minimum Gasteiger partial charge on any atom is -0.465 e. The summed E-state index contributed by atoms with van der Waals surface area (Å²) in [6.07, 6.45) is 0. The summed E-state index contributed by atoms with van der Waals surface area (Å²) in [4.78, 5) is 6.56. The number of aryl methyl sites for hydroxylation is 2. The van der Waals surface area contributed by atoms with Gasteiger partial charge in [-0.1, -0.05) is 5.16 Å². The molecular weight excluding hydrogens is 218 g/mol. The fourth-order valence-corrected chi connectivity index (χ4v) is 2.12. The third-order valence-electron chi connectivity index (χ3n) is 3.03. The number of aromatic nitrogens is 2. The van der Waals surface area contributed by atoms with Gasteiger partial charge in [-0.05, 0) is 26.0 Å². The van der Waals surface area contributed by atoms with E-state index in [1.807, 2.05) is 26.0 Å². The van der Waals surface area contributed by atoms with E-state index >= 15 is 0 Å². The van der Waals surface area contributed by atoms with E-state index in [1.54, 1.807) is 0 Å². The highest BCUT2D eigenvalue weighted by Gasteiger charge is 2.32. The molecule has 1 aliphatic heterocycles. The molecule has 0 amide bonds. The Morgan fingerprint density at radius 2 is 2.18 bits per heavy atom. The van der Waals surface area contributed by atoms with E-state index in [0.29, 0.717) is 11.7 Å². The van der Waals surface area contributed by atoms with Gasteiger partial charge in [0.05, 0.1) is 12.5 Å². The van der Waals surface area contributed by atoms with Crippen molar-refractivity contribution in [3.63, 3.8) is 0 Å². The third kappa shape index (κ3) is 2.10. The van der Waals surface area contributed by atoms with E-state index in [0.717, 1.165) is 37.0 Å². The van der Waals surface area contributed by atoms with Gasteiger partial charge in [-0.15, -0.1) is 0 Å². The monoisotopic (exact) mass is 233 g/mol. The second-order valence-corrected chi connectivity index (χ2v) is 4.58. The number of rotatable bonds is 3. The Bertz CT molecular complexity index is 511. The SMILES string of the molecule is Cc1noc(C2CN(Cc3ccc(C)o3)C2)n1. The average molecular weight is 233 g/mol. The number of nitrogens with zero attached hydrogens (tertiary/aromatic N) is 3. The molecule has 90 valence electrons. The summed E-state index contributed by atoms with van der Waals surface area (Å²) in [7, 11) is 0. The molecule has 1 saturated heterocycles. The Balaban J connectivity index is 1.55. The molecule has 0 spiro atoms. The van der Waals surface area contributed by atoms with Crippen LogP contribution < -0.4 is 0 Å². The minimum atomic E-state index is 0.382. The van der Waals surface area contributed by atoms with Crippen molar-refractivity contribution in [2.45, 2.75) is 26.3 Å². The van der Waals surface area contributed by atoms with Gasteiger partial charge in [0.2, 0.25) is 5.89 Å². The molecule has 0 saturated carbocycles. The highest BCUT2D eigenvalue weighted by atomic mass is 16.5. The fraction of sp³-hybridized carbons (Fsp3) is 0.500. The molecule has 5 nitrogen and oxygen atoms in total. The maximum atomic E-state index is 5.54. The van der Waals surface area contributed by atoms with Crippen molar-refractivity contribution < 1.29 is 8.94 Å². The Labute approximate surface area is 99.4 Å². The topological polar surface area (TPSA) is 55.3 Å². The van der Waals surface area contributed by atoms with E-state index in [2.05, 4.69) is 15.0 Å². The lowest BCUT2D eigenvalue weighted by Gasteiger charge is -2.36. The zero-order valence-corrected chi connectivity index (χ0v) is 10.0. The lowest BCUT2D eigenvalue weighted by Crippen LogP contribution is -2.44. The predicted octanol–water partition coefficient (Wildman–Crippen LogP) is 1.88. The van der Waals surface area contributed by atoms with E-state index in [-0.39, 0.29) is 0 Å². The van der Waals surface area contributed by atoms with E-state index in [1.165, 1.54) is 0 Å². The molecule has 0 aliphatic carbocycles. The summed E-state index contributed by atoms with van der Waals surface area (Å²) in [6, 6.07) is 4.02. The summed E-state index contributed by atoms with van der Waals surface area (Å²) >= 11 is 0. The van der Waals surface area contributed by atoms with Crippen LogP contribution in [-0.4, -0.2) is 28.1 Å². The second kappa shape index (κ2) is 4.00.